The van der Waals surface area contributed by atoms with E-state index in [1.54, 1.807) is 0 Å². The lowest BCUT2D eigenvalue weighted by molar-refractivity contribution is 0.453. The Morgan fingerprint density at radius 3 is 2.53 bits per heavy atom. The molecule has 94 valence electrons. The van der Waals surface area contributed by atoms with Crippen molar-refractivity contribution in [3.63, 3.8) is 0 Å². The molecule has 0 spiro atoms. The van der Waals surface area contributed by atoms with E-state index in [4.69, 9.17) is 0 Å². The molecular weight excluding hydrogens is 205 g/mol. The smallest absolute Gasteiger partial charge is 0.149 e. The second kappa shape index (κ2) is 6.73. The van der Waals surface area contributed by atoms with Crippen molar-refractivity contribution >= 4 is 7.28 Å². The first-order chi connectivity index (χ1) is 8.02. The van der Waals surface area contributed by atoms with Crippen LogP contribution in [0.3, 0.4) is 0 Å². The van der Waals surface area contributed by atoms with Crippen LogP contribution in [0.4, 0.5) is 0 Å². The van der Waals surface area contributed by atoms with Crippen LogP contribution in [0, 0.1) is 5.92 Å². The van der Waals surface area contributed by atoms with Crippen molar-refractivity contribution in [3.05, 3.63) is 36.1 Å². The Morgan fingerprint density at radius 1 is 1.35 bits per heavy atom. The van der Waals surface area contributed by atoms with Gasteiger partial charge in [-0.25, -0.2) is 0 Å². The van der Waals surface area contributed by atoms with Crippen molar-refractivity contribution in [3.8, 4) is 0 Å². The first-order valence-corrected chi connectivity index (χ1v) is 6.76. The van der Waals surface area contributed by atoms with E-state index in [0.29, 0.717) is 5.94 Å². The molecule has 1 heterocycles. The molecule has 1 fully saturated rings. The third kappa shape index (κ3) is 4.85. The molecule has 1 aliphatic rings. The van der Waals surface area contributed by atoms with Crippen LogP contribution in [0.15, 0.2) is 36.1 Å². The monoisotopic (exact) mass is 231 g/mol. The fourth-order valence-corrected chi connectivity index (χ4v) is 2.54. The number of nitrogens with one attached hydrogen (secondary N) is 1. The Morgan fingerprint density at radius 2 is 2.06 bits per heavy atom. The van der Waals surface area contributed by atoms with E-state index in [-0.39, 0.29) is 0 Å². The summed E-state index contributed by atoms with van der Waals surface area (Å²) in [6.07, 6.45) is 7.25. The van der Waals surface area contributed by atoms with E-state index < -0.39 is 0 Å². The zero-order valence-corrected chi connectivity index (χ0v) is 11.7. The Balaban J connectivity index is 2.32. The van der Waals surface area contributed by atoms with Gasteiger partial charge in [0.1, 0.15) is 7.28 Å². The van der Waals surface area contributed by atoms with Crippen molar-refractivity contribution in [1.82, 2.24) is 5.32 Å². The van der Waals surface area contributed by atoms with Crippen LogP contribution in [0.1, 0.15) is 40.0 Å². The summed E-state index contributed by atoms with van der Waals surface area (Å²) in [6, 6.07) is 0. The highest BCUT2D eigenvalue weighted by Gasteiger charge is 2.22. The Labute approximate surface area is 107 Å². The highest BCUT2D eigenvalue weighted by Crippen LogP contribution is 2.26. The second-order valence-electron chi connectivity index (χ2n) is 5.47. The van der Waals surface area contributed by atoms with E-state index in [2.05, 4.69) is 45.3 Å². The molecule has 0 aromatic carbocycles. The van der Waals surface area contributed by atoms with Crippen LogP contribution in [-0.4, -0.2) is 13.2 Å². The third-order valence-corrected chi connectivity index (χ3v) is 3.77. The van der Waals surface area contributed by atoms with Gasteiger partial charge in [0, 0.05) is 5.70 Å². The molecule has 0 aromatic heterocycles. The lowest BCUT2D eigenvalue weighted by Gasteiger charge is -2.30. The van der Waals surface area contributed by atoms with Gasteiger partial charge in [-0.2, -0.15) is 0 Å². The SMILES string of the molecule is C=C(C)CC1CBC(NC(=C)/C(C)=C/C)CC1. The topological polar surface area (TPSA) is 12.0 Å². The van der Waals surface area contributed by atoms with Gasteiger partial charge < -0.3 is 5.32 Å². The molecule has 0 amide bonds. The normalized spacial score (nSPS) is 25.0. The number of hydrogen-bond acceptors (Lipinski definition) is 1. The Bertz CT molecular complexity index is 309. The summed E-state index contributed by atoms with van der Waals surface area (Å²) >= 11 is 0. The quantitative estimate of drug-likeness (QED) is 0.433. The van der Waals surface area contributed by atoms with Gasteiger partial charge in [-0.05, 0) is 57.5 Å². The molecule has 1 nitrogen and oxygen atoms in total. The van der Waals surface area contributed by atoms with Gasteiger partial charge in [0.05, 0.1) is 0 Å². The fraction of sp³-hybridized carbons (Fsp3) is 0.600. The summed E-state index contributed by atoms with van der Waals surface area (Å²) in [6.45, 7) is 14.4. The number of rotatable bonds is 5. The molecule has 2 atom stereocenters. The average Bonchev–Trinajstić information content (AvgIpc) is 2.30. The van der Waals surface area contributed by atoms with Crippen LogP contribution in [0.25, 0.3) is 0 Å². The van der Waals surface area contributed by atoms with E-state index >= 15 is 0 Å². The maximum absolute atomic E-state index is 4.09. The van der Waals surface area contributed by atoms with Crippen LogP contribution < -0.4 is 5.32 Å². The van der Waals surface area contributed by atoms with Crippen LogP contribution in [0.2, 0.25) is 6.32 Å². The Kier molecular flexibility index (Phi) is 5.60. The van der Waals surface area contributed by atoms with Gasteiger partial charge in [0.15, 0.2) is 0 Å². The summed E-state index contributed by atoms with van der Waals surface area (Å²) in [4.78, 5) is 0. The average molecular weight is 231 g/mol. The van der Waals surface area contributed by atoms with E-state index in [1.165, 1.54) is 44.0 Å². The molecule has 1 saturated heterocycles. The van der Waals surface area contributed by atoms with Gasteiger partial charge in [-0.15, -0.1) is 6.58 Å². The number of allylic oxidation sites excluding steroid dienone is 3. The summed E-state index contributed by atoms with van der Waals surface area (Å²) in [5.41, 5.74) is 3.68. The van der Waals surface area contributed by atoms with Crippen molar-refractivity contribution in [2.45, 2.75) is 52.3 Å². The summed E-state index contributed by atoms with van der Waals surface area (Å²) in [5, 5.41) is 3.56. The summed E-state index contributed by atoms with van der Waals surface area (Å²) in [7, 11) is 1.27. The molecule has 17 heavy (non-hydrogen) atoms. The van der Waals surface area contributed by atoms with Gasteiger partial charge in [0.25, 0.3) is 0 Å². The van der Waals surface area contributed by atoms with Crippen molar-refractivity contribution < 1.29 is 0 Å². The van der Waals surface area contributed by atoms with Crippen molar-refractivity contribution in [2.75, 3.05) is 0 Å². The van der Waals surface area contributed by atoms with E-state index in [1.807, 2.05) is 0 Å². The minimum absolute atomic E-state index is 0.624. The lowest BCUT2D eigenvalue weighted by atomic mass is 9.55. The van der Waals surface area contributed by atoms with Gasteiger partial charge >= 0.3 is 0 Å². The fourth-order valence-electron chi connectivity index (χ4n) is 2.54. The molecule has 0 radical (unpaired) electrons. The Hall–Kier alpha value is -0.915. The lowest BCUT2D eigenvalue weighted by Crippen LogP contribution is -2.38. The molecule has 0 aromatic rings. The van der Waals surface area contributed by atoms with Crippen molar-refractivity contribution in [2.24, 2.45) is 5.92 Å². The first-order valence-electron chi connectivity index (χ1n) is 6.76. The molecule has 1 aliphatic heterocycles. The molecular formula is C15H26BN. The van der Waals surface area contributed by atoms with Gasteiger partial charge in [0.2, 0.25) is 0 Å². The standard InChI is InChI=1S/C15H26BN/c1-6-12(4)13(5)17-15-8-7-14(10-16-15)9-11(2)3/h6,14-17H,2,5,7-10H2,1,3-4H3/b12-6+. The molecule has 0 aliphatic carbocycles. The molecule has 0 saturated carbocycles. The highest BCUT2D eigenvalue weighted by atomic mass is 14.9. The predicted octanol–water partition coefficient (Wildman–Crippen LogP) is 3.61. The molecule has 0 bridgehead atoms. The predicted molar refractivity (Wildman–Crippen MR) is 79.6 cm³/mol. The zero-order valence-electron chi connectivity index (χ0n) is 11.7. The minimum atomic E-state index is 0.624. The summed E-state index contributed by atoms with van der Waals surface area (Å²) in [5.74, 6) is 1.49. The van der Waals surface area contributed by atoms with Crippen molar-refractivity contribution in [1.29, 1.82) is 0 Å². The first kappa shape index (κ1) is 14.1. The molecule has 1 N–H and O–H groups in total. The van der Waals surface area contributed by atoms with Gasteiger partial charge in [-0.1, -0.05) is 24.5 Å². The van der Waals surface area contributed by atoms with E-state index in [9.17, 15) is 0 Å². The molecule has 2 unspecified atom stereocenters. The number of hydrogen-bond donors (Lipinski definition) is 1. The van der Waals surface area contributed by atoms with Crippen LogP contribution >= 0.6 is 0 Å². The van der Waals surface area contributed by atoms with Crippen LogP contribution in [-0.2, 0) is 0 Å². The zero-order chi connectivity index (χ0) is 12.8. The third-order valence-electron chi connectivity index (χ3n) is 3.77. The molecule has 1 rings (SSSR count). The molecule has 2 heteroatoms. The van der Waals surface area contributed by atoms with Gasteiger partial charge in [-0.3, -0.25) is 0 Å². The maximum Gasteiger partial charge on any atom is 0.149 e. The second-order valence-corrected chi connectivity index (χ2v) is 5.47. The van der Waals surface area contributed by atoms with E-state index in [0.717, 1.165) is 11.6 Å². The van der Waals surface area contributed by atoms with Crippen LogP contribution in [0.5, 0.6) is 0 Å². The largest absolute Gasteiger partial charge is 0.390 e. The minimum Gasteiger partial charge on any atom is -0.390 e. The summed E-state index contributed by atoms with van der Waals surface area (Å²) < 4.78 is 0. The maximum atomic E-state index is 4.09. The highest BCUT2D eigenvalue weighted by molar-refractivity contribution is 6.38.